The Labute approximate surface area is 67.3 Å². The van der Waals surface area contributed by atoms with E-state index in [0.29, 0.717) is 0 Å². The Morgan fingerprint density at radius 3 is 2.44 bits per heavy atom. The van der Waals surface area contributed by atoms with Crippen LogP contribution in [0, 0.1) is 0 Å². The number of hydrogen-bond donors (Lipinski definition) is 0. The topological polar surface area (TPSA) is 0 Å². The van der Waals surface area contributed by atoms with Gasteiger partial charge in [0.15, 0.2) is 0 Å². The standard InChI is InChI=1S/C6H6S.FH.Sn/c7-6-4-2-1-3-5-6;;/h1-5,7H;1H;/q;;+2/p-2. The van der Waals surface area contributed by atoms with Crippen LogP contribution >= 0.6 is 8.95 Å². The van der Waals surface area contributed by atoms with Crippen molar-refractivity contribution in [3.8, 4) is 0 Å². The van der Waals surface area contributed by atoms with Crippen molar-refractivity contribution in [3.63, 3.8) is 0 Å². The van der Waals surface area contributed by atoms with E-state index >= 15 is 0 Å². The Morgan fingerprint density at radius 2 is 1.89 bits per heavy atom. The van der Waals surface area contributed by atoms with E-state index < -0.39 is 20.3 Å². The molecule has 2 radical (unpaired) electrons. The summed E-state index contributed by atoms with van der Waals surface area (Å²) in [7, 11) is 1.38. The molecule has 1 aromatic rings. The predicted octanol–water partition coefficient (Wildman–Crippen LogP) is 2.28. The maximum atomic E-state index is 11.8. The third kappa shape index (κ3) is 2.58. The Morgan fingerprint density at radius 1 is 1.22 bits per heavy atom. The van der Waals surface area contributed by atoms with Gasteiger partial charge in [0, 0.05) is 0 Å². The zero-order chi connectivity index (χ0) is 6.53. The summed E-state index contributed by atoms with van der Waals surface area (Å²) in [5.74, 6) is 0. The molecule has 0 unspecified atom stereocenters. The van der Waals surface area contributed by atoms with Crippen LogP contribution in [0.25, 0.3) is 0 Å². The molecule has 0 aromatic heterocycles. The molecule has 0 aliphatic carbocycles. The van der Waals surface area contributed by atoms with Gasteiger partial charge in [0.2, 0.25) is 0 Å². The van der Waals surface area contributed by atoms with Crippen LogP contribution in [0.1, 0.15) is 0 Å². The first-order valence-corrected chi connectivity index (χ1v) is 7.90. The van der Waals surface area contributed by atoms with Gasteiger partial charge in [-0.15, -0.1) is 0 Å². The average molecular weight is 247 g/mol. The van der Waals surface area contributed by atoms with Crippen molar-refractivity contribution in [1.82, 2.24) is 0 Å². The van der Waals surface area contributed by atoms with E-state index in [1.807, 2.05) is 30.3 Å². The molecule has 0 heterocycles. The summed E-state index contributed by atoms with van der Waals surface area (Å²) in [6.07, 6.45) is 0. The quantitative estimate of drug-likeness (QED) is 0.722. The van der Waals surface area contributed by atoms with Crippen molar-refractivity contribution >= 4 is 29.3 Å². The molecule has 3 heteroatoms. The van der Waals surface area contributed by atoms with Crippen LogP contribution in [0.5, 0.6) is 0 Å². The summed E-state index contributed by atoms with van der Waals surface area (Å²) >= 11 is -1.60. The maximum absolute atomic E-state index is 11.8. The molecule has 1 aromatic carbocycles. The molecule has 1 rings (SSSR count). The van der Waals surface area contributed by atoms with Gasteiger partial charge in [0.05, 0.1) is 0 Å². The molecular weight excluding hydrogens is 242 g/mol. The van der Waals surface area contributed by atoms with Crippen molar-refractivity contribution in [3.05, 3.63) is 30.3 Å². The van der Waals surface area contributed by atoms with Gasteiger partial charge >= 0.3 is 67.4 Å². The van der Waals surface area contributed by atoms with Crippen LogP contribution in [0.15, 0.2) is 35.2 Å². The summed E-state index contributed by atoms with van der Waals surface area (Å²) in [6, 6.07) is 9.67. The molecule has 0 aliphatic rings. The van der Waals surface area contributed by atoms with Gasteiger partial charge in [-0.1, -0.05) is 0 Å². The van der Waals surface area contributed by atoms with Crippen molar-refractivity contribution in [2.24, 2.45) is 0 Å². The van der Waals surface area contributed by atoms with Crippen molar-refractivity contribution in [1.29, 1.82) is 0 Å². The van der Waals surface area contributed by atoms with Crippen LogP contribution < -0.4 is 0 Å². The van der Waals surface area contributed by atoms with Crippen molar-refractivity contribution in [2.75, 3.05) is 0 Å². The molecule has 0 saturated carbocycles. The fourth-order valence-electron chi connectivity index (χ4n) is 0.533. The minimum atomic E-state index is -1.60. The van der Waals surface area contributed by atoms with E-state index in [1.165, 1.54) is 8.95 Å². The molecular formula is C6H5FSSn. The normalized spacial score (nSPS) is 9.44. The Bertz CT molecular complexity index is 166. The van der Waals surface area contributed by atoms with Crippen LogP contribution in [-0.2, 0) is 0 Å². The third-order valence-corrected chi connectivity index (χ3v) is 4.16. The second-order valence-corrected chi connectivity index (χ2v) is 5.39. The molecule has 0 N–H and O–H groups in total. The molecule has 0 amide bonds. The van der Waals surface area contributed by atoms with Gasteiger partial charge in [-0.3, -0.25) is 0 Å². The zero-order valence-corrected chi connectivity index (χ0v) is 8.34. The van der Waals surface area contributed by atoms with Gasteiger partial charge in [0.25, 0.3) is 0 Å². The first-order valence-electron chi connectivity index (χ1n) is 2.51. The summed E-state index contributed by atoms with van der Waals surface area (Å²) in [5.41, 5.74) is 0. The number of benzene rings is 1. The van der Waals surface area contributed by atoms with Crippen LogP contribution in [0.2, 0.25) is 0 Å². The van der Waals surface area contributed by atoms with Crippen molar-refractivity contribution in [2.45, 2.75) is 4.90 Å². The van der Waals surface area contributed by atoms with Crippen LogP contribution in [-0.4, -0.2) is 20.3 Å². The molecule has 0 bridgehead atoms. The van der Waals surface area contributed by atoms with E-state index in [-0.39, 0.29) is 0 Å². The Balaban J connectivity index is 2.61. The van der Waals surface area contributed by atoms with Crippen LogP contribution in [0.4, 0.5) is 2.87 Å². The molecule has 0 aliphatic heterocycles. The van der Waals surface area contributed by atoms with Gasteiger partial charge in [-0.05, 0) is 0 Å². The fraction of sp³-hybridized carbons (Fsp3) is 0. The summed E-state index contributed by atoms with van der Waals surface area (Å²) in [5, 5.41) is 0. The predicted molar refractivity (Wildman–Crippen MR) is 39.2 cm³/mol. The van der Waals surface area contributed by atoms with E-state index in [1.54, 1.807) is 0 Å². The van der Waals surface area contributed by atoms with E-state index in [4.69, 9.17) is 0 Å². The number of rotatable bonds is 2. The Kier molecular flexibility index (Phi) is 3.43. The monoisotopic (exact) mass is 248 g/mol. The average Bonchev–Trinajstić information content (AvgIpc) is 1.91. The van der Waals surface area contributed by atoms with Gasteiger partial charge in [-0.25, -0.2) is 0 Å². The van der Waals surface area contributed by atoms with Gasteiger partial charge in [-0.2, -0.15) is 0 Å². The first-order chi connectivity index (χ1) is 4.43. The second kappa shape index (κ2) is 4.17. The fourth-order valence-corrected chi connectivity index (χ4v) is 2.84. The van der Waals surface area contributed by atoms with E-state index in [2.05, 4.69) is 0 Å². The molecule has 0 saturated heterocycles. The SMILES string of the molecule is [F][Sn][S]c1ccccc1. The number of hydrogen-bond acceptors (Lipinski definition) is 1. The van der Waals surface area contributed by atoms with Gasteiger partial charge in [0.1, 0.15) is 0 Å². The molecule has 46 valence electrons. The summed E-state index contributed by atoms with van der Waals surface area (Å²) in [4.78, 5) is 1.06. The summed E-state index contributed by atoms with van der Waals surface area (Å²) in [6.45, 7) is 0. The molecule has 9 heavy (non-hydrogen) atoms. The molecule has 0 atom stereocenters. The van der Waals surface area contributed by atoms with Crippen molar-refractivity contribution < 1.29 is 2.87 Å². The number of halogens is 1. The van der Waals surface area contributed by atoms with E-state index in [9.17, 15) is 2.87 Å². The first kappa shape index (κ1) is 7.41. The van der Waals surface area contributed by atoms with Gasteiger partial charge < -0.3 is 0 Å². The molecule has 0 fully saturated rings. The Hall–Kier alpha value is 0.299. The van der Waals surface area contributed by atoms with E-state index in [0.717, 1.165) is 4.90 Å². The molecule has 0 spiro atoms. The van der Waals surface area contributed by atoms with Crippen LogP contribution in [0.3, 0.4) is 0 Å². The zero-order valence-electron chi connectivity index (χ0n) is 4.67. The summed E-state index contributed by atoms with van der Waals surface area (Å²) < 4.78 is 11.8. The second-order valence-electron chi connectivity index (χ2n) is 1.49. The third-order valence-electron chi connectivity index (χ3n) is 0.900. The molecule has 0 nitrogen and oxygen atoms in total. The minimum absolute atomic E-state index is 1.06.